The van der Waals surface area contributed by atoms with Crippen LogP contribution in [0.1, 0.15) is 6.42 Å². The van der Waals surface area contributed by atoms with E-state index in [0.717, 1.165) is 31.1 Å². The van der Waals surface area contributed by atoms with Crippen LogP contribution in [0.5, 0.6) is 11.5 Å². The molecule has 2 atom stereocenters. The van der Waals surface area contributed by atoms with Gasteiger partial charge < -0.3 is 19.5 Å². The summed E-state index contributed by atoms with van der Waals surface area (Å²) in [6.45, 7) is 2.92. The third-order valence-electron chi connectivity index (χ3n) is 3.48. The molecule has 1 saturated heterocycles. The average Bonchev–Trinajstić information content (AvgIpc) is 2.48. The maximum atomic E-state index is 5.62. The summed E-state index contributed by atoms with van der Waals surface area (Å²) in [6.07, 6.45) is 1.07. The first-order valence-corrected chi connectivity index (χ1v) is 7.56. The highest BCUT2D eigenvalue weighted by Crippen LogP contribution is 2.36. The zero-order valence-electron chi connectivity index (χ0n) is 11.1. The first-order chi connectivity index (χ1) is 9.36. The van der Waals surface area contributed by atoms with Gasteiger partial charge in [-0.15, -0.1) is 11.8 Å². The van der Waals surface area contributed by atoms with Gasteiger partial charge in [0.05, 0.1) is 6.61 Å². The van der Waals surface area contributed by atoms with Crippen molar-refractivity contribution in [3.63, 3.8) is 0 Å². The Hall–Kier alpha value is -0.910. The summed E-state index contributed by atoms with van der Waals surface area (Å²) in [5.74, 6) is 1.70. The minimum atomic E-state index is 0.446. The molecular formula is C14H19NO3S. The van der Waals surface area contributed by atoms with Gasteiger partial charge in [-0.05, 0) is 31.7 Å². The highest BCUT2D eigenvalue weighted by molar-refractivity contribution is 8.00. The summed E-state index contributed by atoms with van der Waals surface area (Å²) >= 11 is 1.85. The minimum Gasteiger partial charge on any atom is -0.486 e. The van der Waals surface area contributed by atoms with E-state index in [9.17, 15) is 0 Å². The summed E-state index contributed by atoms with van der Waals surface area (Å²) < 4.78 is 16.7. The molecule has 2 heterocycles. The zero-order valence-corrected chi connectivity index (χ0v) is 11.9. The Bertz CT molecular complexity index is 441. The second kappa shape index (κ2) is 6.03. The van der Waals surface area contributed by atoms with Crippen LogP contribution in [0.25, 0.3) is 0 Å². The quantitative estimate of drug-likeness (QED) is 0.916. The monoisotopic (exact) mass is 281 g/mol. The van der Waals surface area contributed by atoms with Crippen LogP contribution in [0, 0.1) is 0 Å². The molecule has 0 aliphatic carbocycles. The molecular weight excluding hydrogens is 262 g/mol. The van der Waals surface area contributed by atoms with E-state index < -0.39 is 0 Å². The van der Waals surface area contributed by atoms with Crippen molar-refractivity contribution in [1.29, 1.82) is 0 Å². The van der Waals surface area contributed by atoms with E-state index in [0.29, 0.717) is 24.5 Å². The second-order valence-electron chi connectivity index (χ2n) is 4.72. The van der Waals surface area contributed by atoms with Crippen LogP contribution in [0.3, 0.4) is 0 Å². The number of thioether (sulfide) groups is 1. The second-order valence-corrected chi connectivity index (χ2v) is 6.03. The van der Waals surface area contributed by atoms with Crippen LogP contribution in [0.15, 0.2) is 23.1 Å². The van der Waals surface area contributed by atoms with E-state index in [1.165, 1.54) is 4.90 Å². The first-order valence-electron chi connectivity index (χ1n) is 6.68. The molecule has 104 valence electrons. The molecule has 0 saturated carbocycles. The van der Waals surface area contributed by atoms with Crippen LogP contribution in [-0.2, 0) is 4.74 Å². The number of rotatable bonds is 3. The highest BCUT2D eigenvalue weighted by Gasteiger charge is 2.25. The molecule has 0 spiro atoms. The molecule has 5 heteroatoms. The first kappa shape index (κ1) is 13.1. The molecule has 1 aromatic carbocycles. The van der Waals surface area contributed by atoms with E-state index >= 15 is 0 Å². The standard InChI is InChI=1S/C14H19NO3S/c1-15-11-4-5-16-9-14(11)19-10-2-3-12-13(8-10)18-7-6-17-12/h2-3,8,11,14-15H,4-7,9H2,1H3. The van der Waals surface area contributed by atoms with E-state index in [1.54, 1.807) is 0 Å². The molecule has 2 unspecified atom stereocenters. The van der Waals surface area contributed by atoms with Crippen molar-refractivity contribution < 1.29 is 14.2 Å². The fourth-order valence-corrected chi connectivity index (χ4v) is 3.70. The molecule has 3 rings (SSSR count). The molecule has 2 aliphatic rings. The summed E-state index contributed by atoms with van der Waals surface area (Å²) in [6, 6.07) is 6.67. The van der Waals surface area contributed by atoms with Gasteiger partial charge in [-0.25, -0.2) is 0 Å². The van der Waals surface area contributed by atoms with Gasteiger partial charge in [-0.1, -0.05) is 0 Å². The van der Waals surface area contributed by atoms with Gasteiger partial charge in [0.15, 0.2) is 11.5 Å². The summed E-state index contributed by atoms with van der Waals surface area (Å²) in [5, 5.41) is 3.83. The van der Waals surface area contributed by atoms with E-state index in [-0.39, 0.29) is 0 Å². The van der Waals surface area contributed by atoms with Gasteiger partial charge in [0.2, 0.25) is 0 Å². The highest BCUT2D eigenvalue weighted by atomic mass is 32.2. The Kier molecular flexibility index (Phi) is 4.15. The van der Waals surface area contributed by atoms with Crippen LogP contribution in [-0.4, -0.2) is 44.8 Å². The van der Waals surface area contributed by atoms with Crippen molar-refractivity contribution in [1.82, 2.24) is 5.32 Å². The lowest BCUT2D eigenvalue weighted by Gasteiger charge is -2.31. The Morgan fingerprint density at radius 1 is 1.16 bits per heavy atom. The third kappa shape index (κ3) is 2.99. The Morgan fingerprint density at radius 3 is 2.84 bits per heavy atom. The molecule has 19 heavy (non-hydrogen) atoms. The number of hydrogen-bond donors (Lipinski definition) is 1. The molecule has 1 aromatic rings. The number of fused-ring (bicyclic) bond motifs is 1. The molecule has 0 bridgehead atoms. The molecule has 0 aromatic heterocycles. The van der Waals surface area contributed by atoms with Crippen molar-refractivity contribution in [3.05, 3.63) is 18.2 Å². The Balaban J connectivity index is 1.71. The predicted molar refractivity (Wildman–Crippen MR) is 75.4 cm³/mol. The number of benzene rings is 1. The van der Waals surface area contributed by atoms with Gasteiger partial charge in [-0.3, -0.25) is 0 Å². The normalized spacial score (nSPS) is 26.2. The smallest absolute Gasteiger partial charge is 0.162 e. The van der Waals surface area contributed by atoms with Gasteiger partial charge in [-0.2, -0.15) is 0 Å². The van der Waals surface area contributed by atoms with Gasteiger partial charge in [0.1, 0.15) is 13.2 Å². The number of hydrogen-bond acceptors (Lipinski definition) is 5. The van der Waals surface area contributed by atoms with Crippen LogP contribution >= 0.6 is 11.8 Å². The van der Waals surface area contributed by atoms with Gasteiger partial charge >= 0.3 is 0 Å². The summed E-state index contributed by atoms with van der Waals surface area (Å²) in [7, 11) is 2.02. The van der Waals surface area contributed by atoms with Gasteiger partial charge in [0.25, 0.3) is 0 Å². The summed E-state index contributed by atoms with van der Waals surface area (Å²) in [5.41, 5.74) is 0. The van der Waals surface area contributed by atoms with Crippen molar-refractivity contribution in [2.24, 2.45) is 0 Å². The predicted octanol–water partition coefficient (Wildman–Crippen LogP) is 1.93. The third-order valence-corrected chi connectivity index (χ3v) is 4.77. The summed E-state index contributed by atoms with van der Waals surface area (Å²) in [4.78, 5) is 1.21. The van der Waals surface area contributed by atoms with Crippen LogP contribution in [0.4, 0.5) is 0 Å². The minimum absolute atomic E-state index is 0.446. The average molecular weight is 281 g/mol. The molecule has 1 fully saturated rings. The maximum Gasteiger partial charge on any atom is 0.162 e. The fraction of sp³-hybridized carbons (Fsp3) is 0.571. The van der Waals surface area contributed by atoms with Crippen molar-refractivity contribution in [2.45, 2.75) is 22.6 Å². The van der Waals surface area contributed by atoms with Crippen molar-refractivity contribution >= 4 is 11.8 Å². The zero-order chi connectivity index (χ0) is 13.1. The Labute approximate surface area is 117 Å². The lowest BCUT2D eigenvalue weighted by Crippen LogP contribution is -2.43. The lowest BCUT2D eigenvalue weighted by atomic mass is 10.1. The number of nitrogens with one attached hydrogen (secondary N) is 1. The SMILES string of the molecule is CNC1CCOCC1Sc1ccc2c(c1)OCCO2. The maximum absolute atomic E-state index is 5.62. The van der Waals surface area contributed by atoms with Crippen LogP contribution < -0.4 is 14.8 Å². The van der Waals surface area contributed by atoms with E-state index in [2.05, 4.69) is 17.4 Å². The Morgan fingerprint density at radius 2 is 2.00 bits per heavy atom. The van der Waals surface area contributed by atoms with Crippen molar-refractivity contribution in [3.8, 4) is 11.5 Å². The van der Waals surface area contributed by atoms with Crippen LogP contribution in [0.2, 0.25) is 0 Å². The lowest BCUT2D eigenvalue weighted by molar-refractivity contribution is 0.0850. The largest absolute Gasteiger partial charge is 0.486 e. The van der Waals surface area contributed by atoms with Crippen molar-refractivity contribution in [2.75, 3.05) is 33.5 Å². The number of ether oxygens (including phenoxy) is 3. The molecule has 1 N–H and O–H groups in total. The molecule has 2 aliphatic heterocycles. The van der Waals surface area contributed by atoms with E-state index in [1.807, 2.05) is 24.9 Å². The molecule has 0 amide bonds. The molecule has 0 radical (unpaired) electrons. The topological polar surface area (TPSA) is 39.7 Å². The van der Waals surface area contributed by atoms with Gasteiger partial charge in [0, 0.05) is 22.8 Å². The fourth-order valence-electron chi connectivity index (χ4n) is 2.43. The molecule has 4 nitrogen and oxygen atoms in total. The van der Waals surface area contributed by atoms with E-state index in [4.69, 9.17) is 14.2 Å².